The Kier molecular flexibility index (Phi) is 7.77. The van der Waals surface area contributed by atoms with Crippen molar-refractivity contribution in [2.24, 2.45) is 4.99 Å². The smallest absolute Gasteiger partial charge is 0.237 e. The van der Waals surface area contributed by atoms with Crippen LogP contribution in [0.5, 0.6) is 0 Å². The molecule has 0 aliphatic carbocycles. The molecule has 0 saturated heterocycles. The van der Waals surface area contributed by atoms with Crippen LogP contribution in [0.2, 0.25) is 0 Å². The van der Waals surface area contributed by atoms with E-state index < -0.39 is 0 Å². The van der Waals surface area contributed by atoms with Gasteiger partial charge in [0.15, 0.2) is 0 Å². The van der Waals surface area contributed by atoms with Gasteiger partial charge in [-0.25, -0.2) is 14.4 Å². The zero-order valence-corrected chi connectivity index (χ0v) is 20.7. The predicted molar refractivity (Wildman–Crippen MR) is 139 cm³/mol. The van der Waals surface area contributed by atoms with Crippen LogP contribution in [-0.2, 0) is 11.2 Å². The SMILES string of the molecule is Cc1ccc(SCC(=O)NC(=NCCc2c[nH]c3ccc(F)cc23)Nc2nc(C)cc(C)n2)cc1. The summed E-state index contributed by atoms with van der Waals surface area (Å²) in [7, 11) is 0. The maximum atomic E-state index is 13.7. The van der Waals surface area contributed by atoms with E-state index in [1.54, 1.807) is 6.07 Å². The lowest BCUT2D eigenvalue weighted by Crippen LogP contribution is -2.38. The molecule has 4 aromatic rings. The molecule has 0 atom stereocenters. The van der Waals surface area contributed by atoms with Gasteiger partial charge in [0.25, 0.3) is 0 Å². The number of thioether (sulfide) groups is 1. The van der Waals surface area contributed by atoms with Crippen molar-refractivity contribution in [3.05, 3.63) is 83.1 Å². The lowest BCUT2D eigenvalue weighted by molar-refractivity contribution is -0.117. The summed E-state index contributed by atoms with van der Waals surface area (Å²) in [4.78, 5) is 30.2. The van der Waals surface area contributed by atoms with E-state index in [1.807, 2.05) is 57.3 Å². The minimum Gasteiger partial charge on any atom is -0.361 e. The molecule has 2 aromatic heterocycles. The fourth-order valence-corrected chi connectivity index (χ4v) is 4.29. The topological polar surface area (TPSA) is 95.1 Å². The number of benzene rings is 2. The second kappa shape index (κ2) is 11.1. The van der Waals surface area contributed by atoms with Crippen LogP contribution in [0.15, 0.2) is 64.6 Å². The number of rotatable bonds is 7. The zero-order chi connectivity index (χ0) is 24.8. The van der Waals surface area contributed by atoms with Crippen LogP contribution in [0.1, 0.15) is 22.5 Å². The van der Waals surface area contributed by atoms with Gasteiger partial charge in [-0.05, 0) is 69.2 Å². The molecule has 0 bridgehead atoms. The normalized spacial score (nSPS) is 11.6. The van der Waals surface area contributed by atoms with Crippen LogP contribution in [0, 0.1) is 26.6 Å². The first-order chi connectivity index (χ1) is 16.9. The Morgan fingerprint density at radius 2 is 1.80 bits per heavy atom. The zero-order valence-electron chi connectivity index (χ0n) is 19.9. The number of carbonyl (C=O) groups excluding carboxylic acids is 1. The molecule has 35 heavy (non-hydrogen) atoms. The number of aromatic amines is 1. The number of anilines is 1. The minimum absolute atomic E-state index is 0.194. The molecular weight excluding hydrogens is 463 g/mol. The van der Waals surface area contributed by atoms with E-state index >= 15 is 0 Å². The van der Waals surface area contributed by atoms with Crippen molar-refractivity contribution < 1.29 is 9.18 Å². The highest BCUT2D eigenvalue weighted by Gasteiger charge is 2.11. The van der Waals surface area contributed by atoms with Crippen molar-refractivity contribution in [1.29, 1.82) is 0 Å². The molecular formula is C26H27FN6OS. The first-order valence-electron chi connectivity index (χ1n) is 11.2. The lowest BCUT2D eigenvalue weighted by Gasteiger charge is -2.11. The average molecular weight is 491 g/mol. The van der Waals surface area contributed by atoms with Crippen LogP contribution in [0.4, 0.5) is 10.3 Å². The number of nitrogens with one attached hydrogen (secondary N) is 3. The van der Waals surface area contributed by atoms with Gasteiger partial charge in [-0.3, -0.25) is 20.4 Å². The van der Waals surface area contributed by atoms with Gasteiger partial charge in [0.2, 0.25) is 17.8 Å². The number of halogens is 1. The monoisotopic (exact) mass is 490 g/mol. The van der Waals surface area contributed by atoms with Crippen molar-refractivity contribution in [3.63, 3.8) is 0 Å². The first-order valence-corrected chi connectivity index (χ1v) is 12.2. The summed E-state index contributed by atoms with van der Waals surface area (Å²) in [5.74, 6) is 0.395. The molecule has 0 aliphatic heterocycles. The van der Waals surface area contributed by atoms with Crippen LogP contribution in [-0.4, -0.2) is 39.1 Å². The predicted octanol–water partition coefficient (Wildman–Crippen LogP) is 4.94. The Labute approximate surface area is 207 Å². The van der Waals surface area contributed by atoms with Crippen LogP contribution in [0.25, 0.3) is 10.9 Å². The van der Waals surface area contributed by atoms with E-state index in [0.717, 1.165) is 32.7 Å². The van der Waals surface area contributed by atoms with Gasteiger partial charge in [0, 0.05) is 39.9 Å². The number of H-pyrrole nitrogens is 1. The van der Waals surface area contributed by atoms with Crippen molar-refractivity contribution in [2.75, 3.05) is 17.6 Å². The standard InChI is InChI=1S/C26H27FN6OS/c1-16-4-7-21(8-5-16)35-15-24(34)32-25(33-26-30-17(2)12-18(3)31-26)28-11-10-19-14-29-23-9-6-20(27)13-22(19)23/h4-9,12-14,29H,10-11,15H2,1-3H3,(H2,28,30,31,32,33,34). The number of carbonyl (C=O) groups is 1. The second-order valence-electron chi connectivity index (χ2n) is 8.23. The Bertz CT molecular complexity index is 1350. The van der Waals surface area contributed by atoms with Gasteiger partial charge in [0.1, 0.15) is 5.82 Å². The number of nitrogens with zero attached hydrogens (tertiary/aromatic N) is 3. The third-order valence-electron chi connectivity index (χ3n) is 5.24. The number of aromatic nitrogens is 3. The fourth-order valence-electron chi connectivity index (χ4n) is 3.60. The molecule has 1 amide bonds. The van der Waals surface area contributed by atoms with Gasteiger partial charge in [-0.15, -0.1) is 11.8 Å². The molecule has 0 fully saturated rings. The van der Waals surface area contributed by atoms with Crippen molar-refractivity contribution >= 4 is 40.5 Å². The van der Waals surface area contributed by atoms with Gasteiger partial charge in [-0.1, -0.05) is 17.7 Å². The molecule has 3 N–H and O–H groups in total. The first kappa shape index (κ1) is 24.4. The summed E-state index contributed by atoms with van der Waals surface area (Å²) in [6.45, 7) is 6.16. The molecule has 0 spiro atoms. The maximum absolute atomic E-state index is 13.7. The minimum atomic E-state index is -0.283. The van der Waals surface area contributed by atoms with E-state index in [2.05, 4.69) is 30.6 Å². The number of aliphatic imine (C=N–C) groups is 1. The summed E-state index contributed by atoms with van der Waals surface area (Å²) >= 11 is 1.45. The summed E-state index contributed by atoms with van der Waals surface area (Å²) in [5.41, 5.74) is 4.60. The molecule has 0 saturated carbocycles. The van der Waals surface area contributed by atoms with Gasteiger partial charge in [0.05, 0.1) is 5.75 Å². The Morgan fingerprint density at radius 3 is 2.54 bits per heavy atom. The third kappa shape index (κ3) is 6.89. The Hall–Kier alpha value is -3.72. The van der Waals surface area contributed by atoms with E-state index in [9.17, 15) is 9.18 Å². The lowest BCUT2D eigenvalue weighted by atomic mass is 10.1. The summed E-state index contributed by atoms with van der Waals surface area (Å²) < 4.78 is 13.7. The molecule has 9 heteroatoms. The van der Waals surface area contributed by atoms with Gasteiger partial charge in [-0.2, -0.15) is 0 Å². The molecule has 4 rings (SSSR count). The van der Waals surface area contributed by atoms with Crippen LogP contribution in [0.3, 0.4) is 0 Å². The van der Waals surface area contributed by atoms with E-state index in [0.29, 0.717) is 18.9 Å². The largest absolute Gasteiger partial charge is 0.361 e. The summed E-state index contributed by atoms with van der Waals surface area (Å²) in [6.07, 6.45) is 2.42. The van der Waals surface area contributed by atoms with Crippen LogP contribution < -0.4 is 10.6 Å². The van der Waals surface area contributed by atoms with Crippen molar-refractivity contribution in [1.82, 2.24) is 20.3 Å². The van der Waals surface area contributed by atoms with Crippen molar-refractivity contribution in [2.45, 2.75) is 32.1 Å². The summed E-state index contributed by atoms with van der Waals surface area (Å²) in [6, 6.07) is 14.5. The highest BCUT2D eigenvalue weighted by atomic mass is 32.2. The number of aryl methyl sites for hydroxylation is 3. The summed E-state index contributed by atoms with van der Waals surface area (Å²) in [5, 5.41) is 6.71. The highest BCUT2D eigenvalue weighted by molar-refractivity contribution is 8.00. The molecule has 7 nitrogen and oxygen atoms in total. The Balaban J connectivity index is 1.46. The van der Waals surface area contributed by atoms with E-state index in [1.165, 1.54) is 29.5 Å². The van der Waals surface area contributed by atoms with Crippen LogP contribution >= 0.6 is 11.8 Å². The number of fused-ring (bicyclic) bond motifs is 1. The highest BCUT2D eigenvalue weighted by Crippen LogP contribution is 2.20. The maximum Gasteiger partial charge on any atom is 0.237 e. The van der Waals surface area contributed by atoms with Gasteiger partial charge < -0.3 is 4.98 Å². The molecule has 2 heterocycles. The number of guanidine groups is 1. The van der Waals surface area contributed by atoms with E-state index in [-0.39, 0.29) is 23.4 Å². The molecule has 2 aromatic carbocycles. The molecule has 0 radical (unpaired) electrons. The number of hydrogen-bond donors (Lipinski definition) is 3. The molecule has 0 aliphatic rings. The van der Waals surface area contributed by atoms with Gasteiger partial charge >= 0.3 is 0 Å². The fraction of sp³-hybridized carbons (Fsp3) is 0.231. The molecule has 0 unspecified atom stereocenters. The number of hydrogen-bond acceptors (Lipinski definition) is 5. The Morgan fingerprint density at radius 1 is 1.06 bits per heavy atom. The van der Waals surface area contributed by atoms with Crippen molar-refractivity contribution in [3.8, 4) is 0 Å². The second-order valence-corrected chi connectivity index (χ2v) is 9.28. The number of amides is 1. The average Bonchev–Trinajstić information content (AvgIpc) is 3.20. The molecule has 180 valence electrons. The quantitative estimate of drug-likeness (QED) is 0.194. The van der Waals surface area contributed by atoms with E-state index in [4.69, 9.17) is 0 Å². The third-order valence-corrected chi connectivity index (χ3v) is 6.25.